The van der Waals surface area contributed by atoms with Crippen molar-refractivity contribution in [2.75, 3.05) is 11.9 Å². The number of hydrogen-bond donors (Lipinski definition) is 4. The van der Waals surface area contributed by atoms with Crippen molar-refractivity contribution in [1.29, 1.82) is 0 Å². The van der Waals surface area contributed by atoms with Crippen LogP contribution in [0.3, 0.4) is 0 Å². The van der Waals surface area contributed by atoms with E-state index in [1.165, 1.54) is 37.4 Å². The molecule has 1 amide bonds. The fraction of sp³-hybridized carbons (Fsp3) is 0.348. The Labute approximate surface area is 193 Å². The van der Waals surface area contributed by atoms with Crippen LogP contribution in [0.4, 0.5) is 14.5 Å². The van der Waals surface area contributed by atoms with Gasteiger partial charge in [-0.25, -0.2) is 18.7 Å². The average Bonchev–Trinajstić information content (AvgIpc) is 3.34. The van der Waals surface area contributed by atoms with Gasteiger partial charge in [0.2, 0.25) is 0 Å². The number of amides is 1. The highest BCUT2D eigenvalue weighted by atomic mass is 32.1. The molecule has 7 nitrogen and oxygen atoms in total. The normalized spacial score (nSPS) is 13.1. The molecule has 0 unspecified atom stereocenters. The van der Waals surface area contributed by atoms with Crippen molar-refractivity contribution in [3.63, 3.8) is 0 Å². The Balaban J connectivity index is 1.75. The monoisotopic (exact) mass is 473 g/mol. The molecule has 0 saturated heterocycles. The first-order valence-corrected chi connectivity index (χ1v) is 11.3. The largest absolute Gasteiger partial charge is 0.387 e. The maximum absolute atomic E-state index is 14.1. The number of carbonyl (C=O) groups is 1. The maximum Gasteiger partial charge on any atom is 0.255 e. The fourth-order valence-electron chi connectivity index (χ4n) is 3.45. The Morgan fingerprint density at radius 3 is 2.70 bits per heavy atom. The molecule has 0 bridgehead atoms. The van der Waals surface area contributed by atoms with Crippen molar-refractivity contribution in [1.82, 2.24) is 20.3 Å². The second kappa shape index (κ2) is 8.68. The molecule has 4 heterocycles. The standard InChI is InChI=1S/C23H25F2N5O2S/c1-11(2)30-19-14-6-17(15-8-27-20-13(15)5-12(24)7-26-20)33-22(14)29-9-16(19)21(31)28-10-18(25)23(3,4)32/h5-9,11,18,32H,10H2,1-4H3,(H,26,27)(H,28,31)(H,29,30)/t18-/m1/s1. The van der Waals surface area contributed by atoms with E-state index in [1.54, 1.807) is 6.20 Å². The first-order valence-electron chi connectivity index (χ1n) is 10.5. The van der Waals surface area contributed by atoms with Crippen LogP contribution in [0.2, 0.25) is 0 Å². The van der Waals surface area contributed by atoms with Crippen molar-refractivity contribution < 1.29 is 18.7 Å². The fourth-order valence-corrected chi connectivity index (χ4v) is 4.49. The lowest BCUT2D eigenvalue weighted by Crippen LogP contribution is -2.42. The molecule has 0 aromatic carbocycles. The molecular weight excluding hydrogens is 448 g/mol. The summed E-state index contributed by atoms with van der Waals surface area (Å²) in [5.41, 5.74) is 0.648. The van der Waals surface area contributed by atoms with Gasteiger partial charge in [-0.15, -0.1) is 11.3 Å². The number of carbonyl (C=O) groups excluding carboxylic acids is 1. The smallest absolute Gasteiger partial charge is 0.255 e. The lowest BCUT2D eigenvalue weighted by atomic mass is 10.0. The van der Waals surface area contributed by atoms with E-state index in [0.717, 1.165) is 22.0 Å². The Morgan fingerprint density at radius 1 is 1.24 bits per heavy atom. The van der Waals surface area contributed by atoms with Crippen LogP contribution in [0.15, 0.2) is 30.7 Å². The number of H-pyrrole nitrogens is 1. The number of hydrogen-bond acceptors (Lipinski definition) is 6. The number of alkyl halides is 1. The first-order chi connectivity index (χ1) is 15.5. The van der Waals surface area contributed by atoms with E-state index in [4.69, 9.17) is 0 Å². The van der Waals surface area contributed by atoms with Crippen LogP contribution >= 0.6 is 11.3 Å². The number of nitrogens with one attached hydrogen (secondary N) is 3. The highest BCUT2D eigenvalue weighted by molar-refractivity contribution is 7.22. The molecule has 33 heavy (non-hydrogen) atoms. The lowest BCUT2D eigenvalue weighted by Gasteiger charge is -2.23. The minimum Gasteiger partial charge on any atom is -0.387 e. The van der Waals surface area contributed by atoms with Crippen LogP contribution in [-0.4, -0.2) is 50.3 Å². The third kappa shape index (κ3) is 4.67. The van der Waals surface area contributed by atoms with Gasteiger partial charge in [0.05, 0.1) is 29.6 Å². The van der Waals surface area contributed by atoms with Gasteiger partial charge < -0.3 is 20.7 Å². The van der Waals surface area contributed by atoms with E-state index in [2.05, 4.69) is 25.6 Å². The molecule has 4 aromatic heterocycles. The number of rotatable bonds is 7. The number of anilines is 1. The number of halogens is 2. The van der Waals surface area contributed by atoms with Crippen LogP contribution in [0.1, 0.15) is 38.1 Å². The molecule has 4 aromatic rings. The molecular formula is C23H25F2N5O2S. The summed E-state index contributed by atoms with van der Waals surface area (Å²) < 4.78 is 27.9. The van der Waals surface area contributed by atoms with Gasteiger partial charge in [-0.3, -0.25) is 4.79 Å². The Hall–Kier alpha value is -3.11. The number of aromatic nitrogens is 3. The average molecular weight is 474 g/mol. The summed E-state index contributed by atoms with van der Waals surface area (Å²) >= 11 is 1.41. The van der Waals surface area contributed by atoms with Gasteiger partial charge in [-0.05, 0) is 39.8 Å². The van der Waals surface area contributed by atoms with Crippen LogP contribution in [0, 0.1) is 5.82 Å². The van der Waals surface area contributed by atoms with Crippen LogP contribution in [0.25, 0.3) is 31.7 Å². The zero-order chi connectivity index (χ0) is 23.9. The van der Waals surface area contributed by atoms with Crippen molar-refractivity contribution in [2.24, 2.45) is 0 Å². The lowest BCUT2D eigenvalue weighted by molar-refractivity contribution is -0.00177. The second-order valence-electron chi connectivity index (χ2n) is 8.76. The minimum atomic E-state index is -1.62. The summed E-state index contributed by atoms with van der Waals surface area (Å²) in [6, 6.07) is 3.34. The highest BCUT2D eigenvalue weighted by Gasteiger charge is 2.27. The summed E-state index contributed by atoms with van der Waals surface area (Å²) in [5.74, 6) is -0.925. The molecule has 4 rings (SSSR count). The summed E-state index contributed by atoms with van der Waals surface area (Å²) in [6.45, 7) is 6.26. The van der Waals surface area contributed by atoms with Gasteiger partial charge in [0.25, 0.3) is 5.91 Å². The maximum atomic E-state index is 14.1. The quantitative estimate of drug-likeness (QED) is 0.313. The molecule has 174 valence electrons. The molecule has 4 N–H and O–H groups in total. The molecule has 0 radical (unpaired) electrons. The van der Waals surface area contributed by atoms with E-state index < -0.39 is 23.5 Å². The van der Waals surface area contributed by atoms with Crippen molar-refractivity contribution in [2.45, 2.75) is 45.5 Å². The van der Waals surface area contributed by atoms with Gasteiger partial charge in [0.15, 0.2) is 0 Å². The van der Waals surface area contributed by atoms with E-state index in [0.29, 0.717) is 21.6 Å². The van der Waals surface area contributed by atoms with E-state index in [9.17, 15) is 18.7 Å². The third-order valence-electron chi connectivity index (χ3n) is 5.21. The third-order valence-corrected chi connectivity index (χ3v) is 6.29. The summed E-state index contributed by atoms with van der Waals surface area (Å²) in [4.78, 5) is 26.0. The molecule has 10 heteroatoms. The Morgan fingerprint density at radius 2 is 2.00 bits per heavy atom. The van der Waals surface area contributed by atoms with Crippen molar-refractivity contribution >= 4 is 44.2 Å². The molecule has 0 aliphatic heterocycles. The SMILES string of the molecule is CC(C)Nc1c(C(=O)NC[C@@H](F)C(C)(C)O)cnc2sc(-c3c[nH]c4ncc(F)cc34)cc12. The van der Waals surface area contributed by atoms with Gasteiger partial charge in [-0.2, -0.15) is 0 Å². The number of aromatic amines is 1. The first kappa shape index (κ1) is 23.1. The van der Waals surface area contributed by atoms with Crippen molar-refractivity contribution in [3.05, 3.63) is 42.1 Å². The second-order valence-corrected chi connectivity index (χ2v) is 9.79. The molecule has 0 fully saturated rings. The number of nitrogens with zero attached hydrogens (tertiary/aromatic N) is 2. The van der Waals surface area contributed by atoms with Crippen molar-refractivity contribution in [3.8, 4) is 10.4 Å². The van der Waals surface area contributed by atoms with Gasteiger partial charge >= 0.3 is 0 Å². The van der Waals surface area contributed by atoms with Crippen LogP contribution in [0.5, 0.6) is 0 Å². The number of fused-ring (bicyclic) bond motifs is 2. The number of aliphatic hydroxyl groups is 1. The van der Waals surface area contributed by atoms with E-state index in [1.807, 2.05) is 19.9 Å². The zero-order valence-corrected chi connectivity index (χ0v) is 19.5. The van der Waals surface area contributed by atoms with E-state index >= 15 is 0 Å². The van der Waals surface area contributed by atoms with E-state index in [-0.39, 0.29) is 18.2 Å². The number of pyridine rings is 2. The zero-order valence-electron chi connectivity index (χ0n) is 18.7. The summed E-state index contributed by atoms with van der Waals surface area (Å²) in [5, 5.41) is 17.0. The summed E-state index contributed by atoms with van der Waals surface area (Å²) in [6.07, 6.45) is 2.76. The molecule has 0 aliphatic carbocycles. The van der Waals surface area contributed by atoms with Gasteiger partial charge in [0, 0.05) is 39.6 Å². The summed E-state index contributed by atoms with van der Waals surface area (Å²) in [7, 11) is 0. The molecule has 0 saturated carbocycles. The van der Waals surface area contributed by atoms with Gasteiger partial charge in [0.1, 0.15) is 22.5 Å². The molecule has 0 aliphatic rings. The van der Waals surface area contributed by atoms with Gasteiger partial charge in [-0.1, -0.05) is 0 Å². The molecule has 0 spiro atoms. The predicted octanol–water partition coefficient (Wildman–Crippen LogP) is 4.64. The Kier molecular flexibility index (Phi) is 6.06. The molecule has 1 atom stereocenters. The van der Waals surface area contributed by atoms with Crippen LogP contribution in [-0.2, 0) is 0 Å². The van der Waals surface area contributed by atoms with Crippen LogP contribution < -0.4 is 10.6 Å². The highest BCUT2D eigenvalue weighted by Crippen LogP contribution is 2.40. The predicted molar refractivity (Wildman–Crippen MR) is 127 cm³/mol. The number of thiophene rings is 1. The Bertz CT molecular complexity index is 1330. The minimum absolute atomic E-state index is 0.0159. The topological polar surface area (TPSA) is 103 Å².